The molecule has 3 aliphatic heterocycles. The zero-order valence-corrected chi connectivity index (χ0v) is 36.4. The molecule has 3 amide bonds. The van der Waals surface area contributed by atoms with Gasteiger partial charge in [-0.2, -0.15) is 0 Å². The fraction of sp³-hybridized carbons (Fsp3) is 0.489. The molecule has 330 valence electrons. The van der Waals surface area contributed by atoms with E-state index in [9.17, 15) is 19.5 Å². The molecule has 9 atom stereocenters. The number of hydrogen-bond donors (Lipinski definition) is 5. The Kier molecular flexibility index (Phi) is 12.2. The number of likely N-dealkylation sites (tertiary alicyclic amines) is 2. The maximum absolute atomic E-state index is 13.9. The largest absolute Gasteiger partial charge is 0.488 e. The maximum atomic E-state index is 13.9. The Morgan fingerprint density at radius 2 is 1.65 bits per heavy atom. The highest BCUT2D eigenvalue weighted by Crippen LogP contribution is 2.44. The number of fused-ring (bicyclic) bond motifs is 6. The summed E-state index contributed by atoms with van der Waals surface area (Å²) in [7, 11) is 5.60. The van der Waals surface area contributed by atoms with Crippen LogP contribution in [0.15, 0.2) is 48.7 Å². The van der Waals surface area contributed by atoms with Crippen LogP contribution in [0.1, 0.15) is 76.3 Å². The molecule has 5 heterocycles. The minimum absolute atomic E-state index is 0.0148. The number of carbonyl (C=O) groups excluding carboxylic acids is 3. The molecule has 2 fully saturated rings. The van der Waals surface area contributed by atoms with Gasteiger partial charge in [-0.05, 0) is 92.3 Å². The first kappa shape index (κ1) is 42.9. The molecule has 0 spiro atoms. The van der Waals surface area contributed by atoms with Crippen LogP contribution in [0.4, 0.5) is 9.59 Å². The molecule has 3 aromatic carbocycles. The molecule has 8 rings (SSSR count). The van der Waals surface area contributed by atoms with Gasteiger partial charge in [-0.1, -0.05) is 25.1 Å². The van der Waals surface area contributed by atoms with Gasteiger partial charge in [0, 0.05) is 37.8 Å². The van der Waals surface area contributed by atoms with E-state index in [1.807, 2.05) is 11.0 Å². The van der Waals surface area contributed by atoms with E-state index in [0.29, 0.717) is 25.4 Å². The van der Waals surface area contributed by atoms with E-state index in [1.54, 1.807) is 32.1 Å². The molecule has 2 unspecified atom stereocenters. The standard InChI is InChI=1S/C45H56N8O9/c1-22-15-35(52(20-22)42(54)37(24(3)58-5)50-44(56)60-7)40-46-19-33(48-40)27-10-12-29-28(16-27)21-62-36-18-30-26(17-31(29)36)11-13-32-39(30)49-41(47-32)34-14-9-23(2)53(34)43(55)38(25(4)59-6)51-45(57)61-8/h10-13,16-19,22-25,34-35,37-38,43,55H,9,14-15,20-21H2,1-8H3,(H,46,48)(H,47,49)(H,50,56)(H,51,57)/t22-,23-,24+,25+,34-,35-,37?,38-,43?/m0/s1. The van der Waals surface area contributed by atoms with Crippen LogP contribution in [-0.2, 0) is 30.3 Å². The van der Waals surface area contributed by atoms with Crippen LogP contribution in [0.5, 0.6) is 5.75 Å². The molecule has 5 aromatic rings. The summed E-state index contributed by atoms with van der Waals surface area (Å²) in [5.41, 5.74) is 6.53. The summed E-state index contributed by atoms with van der Waals surface area (Å²) < 4.78 is 27.1. The van der Waals surface area contributed by atoms with Crippen molar-refractivity contribution < 1.29 is 43.2 Å². The Bertz CT molecular complexity index is 2470. The highest BCUT2D eigenvalue weighted by Gasteiger charge is 2.44. The van der Waals surface area contributed by atoms with E-state index in [1.165, 1.54) is 21.3 Å². The van der Waals surface area contributed by atoms with Crippen molar-refractivity contribution >= 4 is 39.9 Å². The number of rotatable bonds is 12. The van der Waals surface area contributed by atoms with Crippen LogP contribution in [0.2, 0.25) is 0 Å². The number of carbonyl (C=O) groups is 3. The second kappa shape index (κ2) is 17.6. The molecular formula is C45H56N8O9. The van der Waals surface area contributed by atoms with Crippen molar-refractivity contribution in [3.05, 3.63) is 65.9 Å². The second-order valence-corrected chi connectivity index (χ2v) is 16.8. The number of aromatic amines is 2. The number of imidazole rings is 2. The summed E-state index contributed by atoms with van der Waals surface area (Å²) in [6.45, 7) is 8.58. The first-order chi connectivity index (χ1) is 29.8. The number of alkyl carbamates (subject to hydrolysis) is 2. The maximum Gasteiger partial charge on any atom is 0.407 e. The SMILES string of the molecule is COC(=O)NC(C(=O)N1C[C@@H](C)C[C@H]1c1ncc(-c2ccc3c(c2)COc2cc4c(ccc5nc([C@@H]6CC[C@H](C)N6C(O)[C@@H](NC(=O)OC)[C@@H](C)OC)[nH]c54)cc2-3)[nH]1)[C@@H](C)OC. The van der Waals surface area contributed by atoms with Gasteiger partial charge in [-0.15, -0.1) is 0 Å². The average Bonchev–Trinajstić information content (AvgIpc) is 4.11. The van der Waals surface area contributed by atoms with Crippen LogP contribution >= 0.6 is 0 Å². The number of hydrogen-bond acceptors (Lipinski definition) is 12. The molecule has 17 heteroatoms. The van der Waals surface area contributed by atoms with E-state index in [0.717, 1.165) is 74.2 Å². The van der Waals surface area contributed by atoms with E-state index in [-0.39, 0.29) is 30.0 Å². The van der Waals surface area contributed by atoms with Gasteiger partial charge in [-0.3, -0.25) is 9.69 Å². The van der Waals surface area contributed by atoms with Gasteiger partial charge in [0.25, 0.3) is 0 Å². The Balaban J connectivity index is 1.04. The van der Waals surface area contributed by atoms with Crippen LogP contribution in [0.3, 0.4) is 0 Å². The smallest absolute Gasteiger partial charge is 0.407 e. The van der Waals surface area contributed by atoms with Gasteiger partial charge < -0.3 is 54.3 Å². The number of aliphatic hydroxyl groups excluding tert-OH is 1. The number of methoxy groups -OCH3 is 4. The van der Waals surface area contributed by atoms with Gasteiger partial charge in [-0.25, -0.2) is 19.6 Å². The Hall–Kier alpha value is -5.75. The van der Waals surface area contributed by atoms with Crippen molar-refractivity contribution in [3.63, 3.8) is 0 Å². The predicted molar refractivity (Wildman–Crippen MR) is 230 cm³/mol. The molecule has 62 heavy (non-hydrogen) atoms. The van der Waals surface area contributed by atoms with E-state index < -0.39 is 42.7 Å². The highest BCUT2D eigenvalue weighted by atomic mass is 16.5. The first-order valence-corrected chi connectivity index (χ1v) is 21.1. The number of nitrogens with zero attached hydrogens (tertiary/aromatic N) is 4. The molecule has 17 nitrogen and oxygen atoms in total. The van der Waals surface area contributed by atoms with E-state index >= 15 is 0 Å². The summed E-state index contributed by atoms with van der Waals surface area (Å²) in [6.07, 6.45) is 0.639. The van der Waals surface area contributed by atoms with Crippen molar-refractivity contribution in [1.82, 2.24) is 40.4 Å². The molecule has 0 radical (unpaired) electrons. The predicted octanol–water partition coefficient (Wildman–Crippen LogP) is 5.94. The number of aromatic nitrogens is 4. The summed E-state index contributed by atoms with van der Waals surface area (Å²) in [4.78, 5) is 58.9. The fourth-order valence-corrected chi connectivity index (χ4v) is 9.41. The molecule has 2 aromatic heterocycles. The molecular weight excluding hydrogens is 797 g/mol. The third kappa shape index (κ3) is 7.93. The van der Waals surface area contributed by atoms with Crippen molar-refractivity contribution in [2.45, 2.75) is 102 Å². The number of amides is 3. The number of ether oxygens (including phenoxy) is 5. The summed E-state index contributed by atoms with van der Waals surface area (Å²) in [6, 6.07) is 12.4. The fourth-order valence-electron chi connectivity index (χ4n) is 9.41. The molecule has 5 N–H and O–H groups in total. The third-order valence-corrected chi connectivity index (χ3v) is 13.0. The van der Waals surface area contributed by atoms with Gasteiger partial charge >= 0.3 is 12.2 Å². The van der Waals surface area contributed by atoms with Crippen LogP contribution < -0.4 is 15.4 Å². The first-order valence-electron chi connectivity index (χ1n) is 21.1. The summed E-state index contributed by atoms with van der Waals surface area (Å²) in [5.74, 6) is 2.14. The Morgan fingerprint density at radius 3 is 2.39 bits per heavy atom. The lowest BCUT2D eigenvalue weighted by Gasteiger charge is -2.38. The van der Waals surface area contributed by atoms with Gasteiger partial charge in [0.15, 0.2) is 0 Å². The van der Waals surface area contributed by atoms with Crippen LogP contribution in [0, 0.1) is 5.92 Å². The minimum atomic E-state index is -1.06. The quantitative estimate of drug-likeness (QED) is 0.0990. The molecule has 3 aliphatic rings. The lowest BCUT2D eigenvalue weighted by molar-refractivity contribution is -0.137. The van der Waals surface area contributed by atoms with Crippen LogP contribution in [0.25, 0.3) is 44.2 Å². The van der Waals surface area contributed by atoms with Crippen molar-refractivity contribution in [3.8, 4) is 28.1 Å². The zero-order chi connectivity index (χ0) is 44.0. The number of H-pyrrole nitrogens is 2. The summed E-state index contributed by atoms with van der Waals surface area (Å²) in [5, 5.41) is 19.1. The lowest BCUT2D eigenvalue weighted by atomic mass is 9.92. The topological polar surface area (TPSA) is 205 Å². The van der Waals surface area contributed by atoms with Crippen molar-refractivity contribution in [1.29, 1.82) is 0 Å². The molecule has 0 bridgehead atoms. The number of aliphatic hydroxyl groups is 1. The van der Waals surface area contributed by atoms with Crippen molar-refractivity contribution in [2.24, 2.45) is 5.92 Å². The monoisotopic (exact) mass is 852 g/mol. The second-order valence-electron chi connectivity index (χ2n) is 16.8. The van der Waals surface area contributed by atoms with Gasteiger partial charge in [0.1, 0.15) is 36.3 Å². The molecule has 2 saturated heterocycles. The van der Waals surface area contributed by atoms with Crippen molar-refractivity contribution in [2.75, 3.05) is 35.0 Å². The lowest BCUT2D eigenvalue weighted by Crippen LogP contribution is -2.58. The third-order valence-electron chi connectivity index (χ3n) is 13.0. The van der Waals surface area contributed by atoms with E-state index in [2.05, 4.69) is 70.8 Å². The van der Waals surface area contributed by atoms with E-state index in [4.69, 9.17) is 33.7 Å². The summed E-state index contributed by atoms with van der Waals surface area (Å²) >= 11 is 0. The number of nitrogens with one attached hydrogen (secondary N) is 4. The van der Waals surface area contributed by atoms with Gasteiger partial charge in [0.2, 0.25) is 5.91 Å². The normalized spacial score (nSPS) is 22.3. The number of benzene rings is 3. The average molecular weight is 853 g/mol. The Morgan fingerprint density at radius 1 is 0.887 bits per heavy atom. The van der Waals surface area contributed by atoms with Gasteiger partial charge in [0.05, 0.1) is 67.5 Å². The molecule has 0 saturated carbocycles. The minimum Gasteiger partial charge on any atom is -0.488 e. The Labute approximate surface area is 359 Å². The highest BCUT2D eigenvalue weighted by molar-refractivity contribution is 6.07. The van der Waals surface area contributed by atoms with Crippen LogP contribution in [-0.4, -0.2) is 124 Å². The zero-order valence-electron chi connectivity index (χ0n) is 36.4. The molecule has 0 aliphatic carbocycles.